The Kier molecular flexibility index (Phi) is 4.73. The van der Waals surface area contributed by atoms with Crippen molar-refractivity contribution >= 4 is 43.2 Å². The third kappa shape index (κ3) is 4.15. The first-order chi connectivity index (χ1) is 11.0. The molecule has 0 spiro atoms. The summed E-state index contributed by atoms with van der Waals surface area (Å²) in [6.45, 7) is 0. The highest BCUT2D eigenvalue weighted by Crippen LogP contribution is 2.24. The first-order valence-electron chi connectivity index (χ1n) is 6.86. The molecule has 0 aliphatic heterocycles. The molecule has 0 heterocycles. The van der Waals surface area contributed by atoms with Gasteiger partial charge in [-0.05, 0) is 35.4 Å². The Bertz CT molecular complexity index is 941. The second kappa shape index (κ2) is 6.29. The summed E-state index contributed by atoms with van der Waals surface area (Å²) in [7, 11) is -6.95. The number of nitrogen functional groups attached to an aromatic ring is 2. The van der Waals surface area contributed by atoms with Crippen molar-refractivity contribution in [3.05, 3.63) is 47.5 Å². The standard InChI is InChI=1S/C16H18N2O4S2/c1-23(19,20)15-9-13(17)7-5-11(15)3-4-12-6-8-14(18)10-16(12)24(2,21)22/h3-10H,17-18H2,1-2H3/b4-3+. The minimum absolute atomic E-state index is 0.0788. The number of benzene rings is 2. The number of hydrogen-bond donors (Lipinski definition) is 2. The zero-order valence-corrected chi connectivity index (χ0v) is 14.9. The van der Waals surface area contributed by atoms with Gasteiger partial charge in [-0.3, -0.25) is 0 Å². The van der Waals surface area contributed by atoms with Crippen molar-refractivity contribution in [2.24, 2.45) is 0 Å². The summed E-state index contributed by atoms with van der Waals surface area (Å²) in [6.07, 6.45) is 5.25. The summed E-state index contributed by atoms with van der Waals surface area (Å²) in [5.41, 5.74) is 12.8. The highest BCUT2D eigenvalue weighted by molar-refractivity contribution is 7.91. The smallest absolute Gasteiger partial charge is 0.176 e. The highest BCUT2D eigenvalue weighted by atomic mass is 32.2. The van der Waals surface area contributed by atoms with Crippen LogP contribution in [-0.2, 0) is 19.7 Å². The predicted octanol–water partition coefficient (Wildman–Crippen LogP) is 1.83. The van der Waals surface area contributed by atoms with Crippen molar-refractivity contribution in [3.63, 3.8) is 0 Å². The van der Waals surface area contributed by atoms with Gasteiger partial charge in [0.15, 0.2) is 19.7 Å². The van der Waals surface area contributed by atoms with Gasteiger partial charge < -0.3 is 11.5 Å². The minimum Gasteiger partial charge on any atom is -0.399 e. The average molecular weight is 366 g/mol. The summed E-state index contributed by atoms with van der Waals surface area (Å²) in [5.74, 6) is 0. The van der Waals surface area contributed by atoms with Gasteiger partial charge in [0.1, 0.15) is 0 Å². The number of rotatable bonds is 4. The lowest BCUT2D eigenvalue weighted by Crippen LogP contribution is -2.02. The molecule has 0 saturated carbocycles. The van der Waals surface area contributed by atoms with Crippen molar-refractivity contribution in [1.82, 2.24) is 0 Å². The molecule has 0 fully saturated rings. The van der Waals surface area contributed by atoms with Gasteiger partial charge >= 0.3 is 0 Å². The van der Waals surface area contributed by atoms with E-state index < -0.39 is 19.7 Å². The molecule has 0 amide bonds. The molecule has 0 atom stereocenters. The van der Waals surface area contributed by atoms with E-state index in [4.69, 9.17) is 11.5 Å². The maximum absolute atomic E-state index is 11.9. The lowest BCUT2D eigenvalue weighted by atomic mass is 10.1. The average Bonchev–Trinajstić information content (AvgIpc) is 2.45. The van der Waals surface area contributed by atoms with Crippen LogP contribution in [0.5, 0.6) is 0 Å². The van der Waals surface area contributed by atoms with Crippen LogP contribution in [0, 0.1) is 0 Å². The summed E-state index contributed by atoms with van der Waals surface area (Å²) >= 11 is 0. The van der Waals surface area contributed by atoms with E-state index in [-0.39, 0.29) is 9.79 Å². The van der Waals surface area contributed by atoms with E-state index in [1.54, 1.807) is 24.3 Å². The molecular weight excluding hydrogens is 348 g/mol. The maximum atomic E-state index is 11.9. The van der Waals surface area contributed by atoms with E-state index in [1.165, 1.54) is 24.3 Å². The molecule has 0 bridgehead atoms. The zero-order valence-electron chi connectivity index (χ0n) is 13.2. The molecule has 2 rings (SSSR count). The van der Waals surface area contributed by atoms with Crippen molar-refractivity contribution in [1.29, 1.82) is 0 Å². The Morgan fingerprint density at radius 3 is 1.33 bits per heavy atom. The maximum Gasteiger partial charge on any atom is 0.176 e. The van der Waals surface area contributed by atoms with Gasteiger partial charge in [-0.25, -0.2) is 16.8 Å². The lowest BCUT2D eigenvalue weighted by molar-refractivity contribution is 0.600. The number of nitrogens with two attached hydrogens (primary N) is 2. The Hall–Kier alpha value is -2.32. The highest BCUT2D eigenvalue weighted by Gasteiger charge is 2.14. The molecule has 8 heteroatoms. The van der Waals surface area contributed by atoms with Gasteiger partial charge in [0, 0.05) is 23.9 Å². The van der Waals surface area contributed by atoms with Crippen LogP contribution in [0.1, 0.15) is 11.1 Å². The largest absolute Gasteiger partial charge is 0.399 e. The van der Waals surface area contributed by atoms with E-state index in [9.17, 15) is 16.8 Å². The van der Waals surface area contributed by atoms with E-state index in [0.29, 0.717) is 22.5 Å². The normalized spacial score (nSPS) is 12.6. The molecule has 6 nitrogen and oxygen atoms in total. The van der Waals surface area contributed by atoms with Gasteiger partial charge in [0.25, 0.3) is 0 Å². The number of anilines is 2. The molecule has 0 saturated heterocycles. The second-order valence-corrected chi connectivity index (χ2v) is 9.44. The molecule has 0 aliphatic carbocycles. The van der Waals surface area contributed by atoms with Crippen molar-refractivity contribution in [2.75, 3.05) is 24.0 Å². The van der Waals surface area contributed by atoms with Crippen LogP contribution in [-0.4, -0.2) is 29.3 Å². The minimum atomic E-state index is -3.48. The van der Waals surface area contributed by atoms with Crippen LogP contribution in [0.3, 0.4) is 0 Å². The molecule has 24 heavy (non-hydrogen) atoms. The van der Waals surface area contributed by atoms with Crippen molar-refractivity contribution in [2.45, 2.75) is 9.79 Å². The van der Waals surface area contributed by atoms with E-state index in [2.05, 4.69) is 0 Å². The van der Waals surface area contributed by atoms with Crippen LogP contribution in [0.2, 0.25) is 0 Å². The first-order valence-corrected chi connectivity index (χ1v) is 10.6. The quantitative estimate of drug-likeness (QED) is 0.629. The first kappa shape index (κ1) is 18.0. The van der Waals surface area contributed by atoms with Crippen molar-refractivity contribution < 1.29 is 16.8 Å². The fourth-order valence-corrected chi connectivity index (χ4v) is 4.03. The summed E-state index contributed by atoms with van der Waals surface area (Å²) < 4.78 is 47.5. The van der Waals surface area contributed by atoms with E-state index in [0.717, 1.165) is 12.5 Å². The van der Waals surface area contributed by atoms with Gasteiger partial charge in [0.2, 0.25) is 0 Å². The lowest BCUT2D eigenvalue weighted by Gasteiger charge is -2.07. The monoisotopic (exact) mass is 366 g/mol. The van der Waals surface area contributed by atoms with Crippen LogP contribution >= 0.6 is 0 Å². The molecule has 4 N–H and O–H groups in total. The van der Waals surface area contributed by atoms with Crippen LogP contribution in [0.25, 0.3) is 12.2 Å². The topological polar surface area (TPSA) is 120 Å². The van der Waals surface area contributed by atoms with E-state index >= 15 is 0 Å². The van der Waals surface area contributed by atoms with Gasteiger partial charge in [-0.2, -0.15) is 0 Å². The number of sulfone groups is 2. The molecule has 0 aliphatic rings. The third-order valence-corrected chi connectivity index (χ3v) is 5.62. The van der Waals surface area contributed by atoms with Crippen LogP contribution in [0.4, 0.5) is 11.4 Å². The number of hydrogen-bond acceptors (Lipinski definition) is 6. The molecule has 0 radical (unpaired) electrons. The third-order valence-electron chi connectivity index (χ3n) is 3.32. The second-order valence-electron chi connectivity index (χ2n) is 5.47. The Balaban J connectivity index is 2.59. The Morgan fingerprint density at radius 1 is 0.708 bits per heavy atom. The Morgan fingerprint density at radius 2 is 1.04 bits per heavy atom. The van der Waals surface area contributed by atoms with Gasteiger partial charge in [-0.15, -0.1) is 0 Å². The van der Waals surface area contributed by atoms with Crippen LogP contribution in [0.15, 0.2) is 46.2 Å². The molecule has 2 aromatic carbocycles. The van der Waals surface area contributed by atoms with Gasteiger partial charge in [-0.1, -0.05) is 24.3 Å². The molecule has 2 aromatic rings. The molecule has 0 unspecified atom stereocenters. The SMILES string of the molecule is CS(=O)(=O)c1cc(N)ccc1/C=C/c1ccc(N)cc1S(C)(=O)=O. The molecule has 128 valence electrons. The fourth-order valence-electron chi connectivity index (χ4n) is 2.20. The fraction of sp³-hybridized carbons (Fsp3) is 0.125. The summed E-state index contributed by atoms with van der Waals surface area (Å²) in [6, 6.07) is 9.04. The van der Waals surface area contributed by atoms with E-state index in [1.807, 2.05) is 0 Å². The molecular formula is C16H18N2O4S2. The van der Waals surface area contributed by atoms with Crippen molar-refractivity contribution in [3.8, 4) is 0 Å². The van der Waals surface area contributed by atoms with Gasteiger partial charge in [0.05, 0.1) is 9.79 Å². The van der Waals surface area contributed by atoms with Crippen LogP contribution < -0.4 is 11.5 Å². The zero-order chi connectivity index (χ0) is 18.1. The summed E-state index contributed by atoms with van der Waals surface area (Å²) in [5, 5.41) is 0. The predicted molar refractivity (Wildman–Crippen MR) is 96.9 cm³/mol. The molecule has 0 aromatic heterocycles. The Labute approximate surface area is 141 Å². The summed E-state index contributed by atoms with van der Waals surface area (Å²) in [4.78, 5) is 0.158.